The summed E-state index contributed by atoms with van der Waals surface area (Å²) in [7, 11) is 0. The molecule has 0 spiro atoms. The molecule has 1 fully saturated rings. The molecular weight excluding hydrogens is 376 g/mol. The first-order valence-electron chi connectivity index (χ1n) is 8.67. The lowest BCUT2D eigenvalue weighted by Crippen LogP contribution is -2.68. The minimum absolute atomic E-state index is 0.0569. The zero-order valence-corrected chi connectivity index (χ0v) is 14.5. The van der Waals surface area contributed by atoms with Crippen molar-refractivity contribution in [3.05, 3.63) is 35.9 Å². The number of alkyl halides is 6. The van der Waals surface area contributed by atoms with Crippen LogP contribution in [0.15, 0.2) is 30.3 Å². The fraction of sp³-hybridized carbons (Fsp3) is 0.611. The molecule has 1 aromatic rings. The van der Waals surface area contributed by atoms with Crippen molar-refractivity contribution in [3.63, 3.8) is 0 Å². The number of rotatable bonds is 5. The average molecular weight is 397 g/mol. The first-order chi connectivity index (χ1) is 12.5. The van der Waals surface area contributed by atoms with Gasteiger partial charge >= 0.3 is 18.1 Å². The van der Waals surface area contributed by atoms with Crippen LogP contribution in [0.2, 0.25) is 0 Å². The second kappa shape index (κ2) is 8.08. The van der Waals surface area contributed by atoms with E-state index < -0.39 is 41.9 Å². The minimum Gasteiger partial charge on any atom is -0.356 e. The van der Waals surface area contributed by atoms with Crippen molar-refractivity contribution in [2.45, 2.75) is 63.1 Å². The number of carbonyl (C=O) groups is 1. The molecule has 27 heavy (non-hydrogen) atoms. The maximum atomic E-state index is 13.3. The standard InChI is InChI=1S/C18H21F6NO2/c19-17(20,21)16(27,18(22,23)24)25(12-14-9-5-2-6-10-14)15(26)11-13-7-3-1-4-8-13/h2,5-6,9-10,13,27H,1,3-4,7-8,11-12H2. The van der Waals surface area contributed by atoms with Gasteiger partial charge in [0.1, 0.15) is 0 Å². The molecule has 152 valence electrons. The summed E-state index contributed by atoms with van der Waals surface area (Å²) in [4.78, 5) is 12.0. The molecule has 0 atom stereocenters. The topological polar surface area (TPSA) is 40.5 Å². The van der Waals surface area contributed by atoms with E-state index in [2.05, 4.69) is 0 Å². The van der Waals surface area contributed by atoms with Gasteiger partial charge in [-0.15, -0.1) is 0 Å². The molecule has 1 amide bonds. The Hall–Kier alpha value is -1.77. The molecule has 1 aliphatic carbocycles. The highest BCUT2D eigenvalue weighted by Gasteiger charge is 2.75. The summed E-state index contributed by atoms with van der Waals surface area (Å²) in [5, 5.41) is 9.76. The lowest BCUT2D eigenvalue weighted by molar-refractivity contribution is -0.410. The Bertz CT molecular complexity index is 609. The molecule has 2 rings (SSSR count). The Labute approximate surface area is 153 Å². The Morgan fingerprint density at radius 2 is 1.48 bits per heavy atom. The molecule has 0 aromatic heterocycles. The molecule has 0 heterocycles. The van der Waals surface area contributed by atoms with Crippen LogP contribution in [0.5, 0.6) is 0 Å². The van der Waals surface area contributed by atoms with Crippen LogP contribution in [-0.2, 0) is 11.3 Å². The monoisotopic (exact) mass is 397 g/mol. The van der Waals surface area contributed by atoms with Crippen molar-refractivity contribution >= 4 is 5.91 Å². The summed E-state index contributed by atoms with van der Waals surface area (Å²) in [6, 6.07) is 7.00. The van der Waals surface area contributed by atoms with E-state index in [4.69, 9.17) is 0 Å². The number of hydrogen-bond donors (Lipinski definition) is 1. The Balaban J connectivity index is 2.39. The molecule has 1 saturated carbocycles. The quantitative estimate of drug-likeness (QED) is 0.573. The first-order valence-corrected chi connectivity index (χ1v) is 8.67. The molecule has 9 heteroatoms. The highest BCUT2D eigenvalue weighted by molar-refractivity contribution is 5.77. The largest absolute Gasteiger partial charge is 0.446 e. The van der Waals surface area contributed by atoms with Gasteiger partial charge in [-0.3, -0.25) is 9.69 Å². The summed E-state index contributed by atoms with van der Waals surface area (Å²) in [6.07, 6.45) is -9.03. The van der Waals surface area contributed by atoms with Gasteiger partial charge in [-0.05, 0) is 24.3 Å². The number of aliphatic hydroxyl groups is 1. The number of nitrogens with zero attached hydrogens (tertiary/aromatic N) is 1. The van der Waals surface area contributed by atoms with Crippen LogP contribution in [0.3, 0.4) is 0 Å². The van der Waals surface area contributed by atoms with Crippen molar-refractivity contribution in [1.82, 2.24) is 4.90 Å². The molecule has 1 aromatic carbocycles. The van der Waals surface area contributed by atoms with Gasteiger partial charge in [-0.2, -0.15) is 26.3 Å². The van der Waals surface area contributed by atoms with Gasteiger partial charge in [0.15, 0.2) is 0 Å². The zero-order valence-electron chi connectivity index (χ0n) is 14.5. The summed E-state index contributed by atoms with van der Waals surface area (Å²) in [5.41, 5.74) is -5.19. The van der Waals surface area contributed by atoms with E-state index in [1.807, 2.05) is 0 Å². The number of halogens is 6. The molecule has 3 nitrogen and oxygen atoms in total. The van der Waals surface area contributed by atoms with Crippen LogP contribution in [0.1, 0.15) is 44.1 Å². The smallest absolute Gasteiger partial charge is 0.356 e. The third-order valence-corrected chi connectivity index (χ3v) is 4.85. The summed E-state index contributed by atoms with van der Waals surface area (Å²) in [6.45, 7) is -0.998. The van der Waals surface area contributed by atoms with Crippen molar-refractivity contribution in [2.24, 2.45) is 5.92 Å². The molecule has 0 saturated heterocycles. The Kier molecular flexibility index (Phi) is 6.44. The van der Waals surface area contributed by atoms with Crippen LogP contribution in [-0.4, -0.2) is 34.0 Å². The predicted octanol–water partition coefficient (Wildman–Crippen LogP) is 4.80. The highest BCUT2D eigenvalue weighted by atomic mass is 19.4. The zero-order chi connectivity index (χ0) is 20.3. The molecule has 1 aliphatic rings. The van der Waals surface area contributed by atoms with Crippen LogP contribution < -0.4 is 0 Å². The second-order valence-corrected chi connectivity index (χ2v) is 6.84. The van der Waals surface area contributed by atoms with E-state index in [0.717, 1.165) is 19.3 Å². The molecular formula is C18H21F6NO2. The van der Waals surface area contributed by atoms with E-state index in [1.54, 1.807) is 0 Å². The fourth-order valence-corrected chi connectivity index (χ4v) is 3.36. The van der Waals surface area contributed by atoms with E-state index in [1.165, 1.54) is 30.3 Å². The van der Waals surface area contributed by atoms with Crippen molar-refractivity contribution in [1.29, 1.82) is 0 Å². The van der Waals surface area contributed by atoms with Gasteiger partial charge in [0.05, 0.1) is 0 Å². The normalized spacial score (nSPS) is 17.0. The first kappa shape index (κ1) is 21.5. The number of carbonyl (C=O) groups excluding carboxylic acids is 1. The van der Waals surface area contributed by atoms with Gasteiger partial charge in [-0.25, -0.2) is 0 Å². The average Bonchev–Trinajstić information content (AvgIpc) is 2.59. The van der Waals surface area contributed by atoms with E-state index in [-0.39, 0.29) is 11.5 Å². The number of benzene rings is 1. The lowest BCUT2D eigenvalue weighted by atomic mass is 9.86. The third kappa shape index (κ3) is 4.75. The molecule has 1 N–H and O–H groups in total. The highest BCUT2D eigenvalue weighted by Crippen LogP contribution is 2.46. The summed E-state index contributed by atoms with van der Waals surface area (Å²) in [5.74, 6) is -1.64. The maximum absolute atomic E-state index is 13.3. The molecule has 0 radical (unpaired) electrons. The van der Waals surface area contributed by atoms with E-state index in [0.29, 0.717) is 12.8 Å². The van der Waals surface area contributed by atoms with Crippen molar-refractivity contribution in [3.8, 4) is 0 Å². The number of amides is 1. The Morgan fingerprint density at radius 3 is 1.96 bits per heavy atom. The number of hydrogen-bond acceptors (Lipinski definition) is 2. The van der Waals surface area contributed by atoms with E-state index in [9.17, 15) is 36.2 Å². The van der Waals surface area contributed by atoms with Crippen LogP contribution in [0.4, 0.5) is 26.3 Å². The maximum Gasteiger partial charge on any atom is 0.446 e. The van der Waals surface area contributed by atoms with Crippen molar-refractivity contribution < 1.29 is 36.2 Å². The van der Waals surface area contributed by atoms with Crippen LogP contribution in [0.25, 0.3) is 0 Å². The van der Waals surface area contributed by atoms with Crippen molar-refractivity contribution in [2.75, 3.05) is 0 Å². The van der Waals surface area contributed by atoms with Crippen LogP contribution in [0, 0.1) is 5.92 Å². The van der Waals surface area contributed by atoms with E-state index >= 15 is 0 Å². The molecule has 0 unspecified atom stereocenters. The van der Waals surface area contributed by atoms with Gasteiger partial charge in [0, 0.05) is 13.0 Å². The van der Waals surface area contributed by atoms with Gasteiger partial charge in [0.25, 0.3) is 0 Å². The van der Waals surface area contributed by atoms with Gasteiger partial charge < -0.3 is 5.11 Å². The molecule has 0 bridgehead atoms. The van der Waals surface area contributed by atoms with Gasteiger partial charge in [0.2, 0.25) is 5.91 Å². The Morgan fingerprint density at radius 1 is 0.963 bits per heavy atom. The SMILES string of the molecule is O=C(CC1CCCCC1)N(Cc1ccccc1)C(O)(C(F)(F)F)C(F)(F)F. The lowest BCUT2D eigenvalue weighted by Gasteiger charge is -2.42. The second-order valence-electron chi connectivity index (χ2n) is 6.84. The van der Waals surface area contributed by atoms with Gasteiger partial charge in [-0.1, -0.05) is 49.6 Å². The summed E-state index contributed by atoms with van der Waals surface area (Å²) >= 11 is 0. The summed E-state index contributed by atoms with van der Waals surface area (Å²) < 4.78 is 80.0. The fourth-order valence-electron chi connectivity index (χ4n) is 3.36. The van der Waals surface area contributed by atoms with Crippen LogP contribution >= 0.6 is 0 Å². The predicted molar refractivity (Wildman–Crippen MR) is 85.2 cm³/mol. The molecule has 0 aliphatic heterocycles. The minimum atomic E-state index is -6.09. The third-order valence-electron chi connectivity index (χ3n) is 4.85.